The fraction of sp³-hybridized carbons (Fsp3) is 0.429. The molecular weight excluding hydrogens is 182 g/mol. The van der Waals surface area contributed by atoms with E-state index in [0.29, 0.717) is 13.1 Å². The highest BCUT2D eigenvalue weighted by atomic mass is 15.4. The van der Waals surface area contributed by atoms with E-state index in [1.807, 2.05) is 7.05 Å². The van der Waals surface area contributed by atoms with Crippen LogP contribution in [0.1, 0.15) is 11.6 Å². The average molecular weight is 193 g/mol. The lowest BCUT2D eigenvalue weighted by molar-refractivity contribution is 0.582. The second-order valence-corrected chi connectivity index (χ2v) is 2.84. The maximum absolute atomic E-state index is 5.50. The molecule has 0 saturated carbocycles. The zero-order valence-electron chi connectivity index (χ0n) is 7.83. The first-order chi connectivity index (χ1) is 6.81. The number of hydrogen-bond acceptors (Lipinski definition) is 5. The average Bonchev–Trinajstić information content (AvgIpc) is 2.77. The molecule has 2 N–H and O–H groups in total. The van der Waals surface area contributed by atoms with Gasteiger partial charge < -0.3 is 5.73 Å². The predicted octanol–water partition coefficient (Wildman–Crippen LogP) is -1.09. The van der Waals surface area contributed by atoms with Gasteiger partial charge in [0, 0.05) is 7.05 Å². The molecule has 0 atom stereocenters. The van der Waals surface area contributed by atoms with Crippen LogP contribution in [0, 0.1) is 0 Å². The van der Waals surface area contributed by atoms with Gasteiger partial charge in [-0.2, -0.15) is 10.2 Å². The summed E-state index contributed by atoms with van der Waals surface area (Å²) in [7, 11) is 1.83. The third-order valence-corrected chi connectivity index (χ3v) is 1.97. The molecule has 0 radical (unpaired) electrons. The molecule has 0 unspecified atom stereocenters. The Morgan fingerprint density at radius 3 is 2.57 bits per heavy atom. The SMILES string of the molecule is Cn1ncnc1Cn1ncnc1CN. The Labute approximate surface area is 80.6 Å². The zero-order valence-corrected chi connectivity index (χ0v) is 7.83. The molecule has 0 aliphatic rings. The van der Waals surface area contributed by atoms with Gasteiger partial charge in [0.1, 0.15) is 30.8 Å². The molecule has 14 heavy (non-hydrogen) atoms. The lowest BCUT2D eigenvalue weighted by Gasteiger charge is -2.02. The molecule has 7 heteroatoms. The van der Waals surface area contributed by atoms with Gasteiger partial charge in [-0.25, -0.2) is 14.6 Å². The van der Waals surface area contributed by atoms with Gasteiger partial charge in [-0.05, 0) is 0 Å². The highest BCUT2D eigenvalue weighted by Crippen LogP contribution is 1.98. The highest BCUT2D eigenvalue weighted by Gasteiger charge is 2.06. The van der Waals surface area contributed by atoms with Crippen LogP contribution in [0.15, 0.2) is 12.7 Å². The van der Waals surface area contributed by atoms with Crippen molar-refractivity contribution in [1.82, 2.24) is 29.5 Å². The second kappa shape index (κ2) is 3.54. The van der Waals surface area contributed by atoms with Gasteiger partial charge in [-0.1, -0.05) is 0 Å². The van der Waals surface area contributed by atoms with Gasteiger partial charge in [0.15, 0.2) is 0 Å². The maximum Gasteiger partial charge on any atom is 0.148 e. The van der Waals surface area contributed by atoms with Crippen molar-refractivity contribution >= 4 is 0 Å². The molecule has 2 heterocycles. The summed E-state index contributed by atoms with van der Waals surface area (Å²) in [6, 6.07) is 0. The van der Waals surface area contributed by atoms with E-state index in [1.165, 1.54) is 12.7 Å². The van der Waals surface area contributed by atoms with Crippen molar-refractivity contribution in [3.05, 3.63) is 24.3 Å². The summed E-state index contributed by atoms with van der Waals surface area (Å²) in [5.74, 6) is 1.57. The van der Waals surface area contributed by atoms with Gasteiger partial charge in [0.05, 0.1) is 6.54 Å². The minimum Gasteiger partial charge on any atom is -0.324 e. The van der Waals surface area contributed by atoms with Crippen LogP contribution in [0.2, 0.25) is 0 Å². The molecule has 0 spiro atoms. The summed E-state index contributed by atoms with van der Waals surface area (Å²) >= 11 is 0. The number of aryl methyl sites for hydroxylation is 1. The lowest BCUT2D eigenvalue weighted by Crippen LogP contribution is -2.13. The molecule has 0 saturated heterocycles. The van der Waals surface area contributed by atoms with Crippen LogP contribution in [-0.2, 0) is 20.1 Å². The van der Waals surface area contributed by atoms with Crippen LogP contribution >= 0.6 is 0 Å². The third-order valence-electron chi connectivity index (χ3n) is 1.97. The lowest BCUT2D eigenvalue weighted by atomic mass is 10.5. The van der Waals surface area contributed by atoms with E-state index in [1.54, 1.807) is 9.36 Å². The Balaban J connectivity index is 2.22. The van der Waals surface area contributed by atoms with Crippen molar-refractivity contribution in [3.8, 4) is 0 Å². The summed E-state index contributed by atoms with van der Waals surface area (Å²) in [6.07, 6.45) is 2.99. The smallest absolute Gasteiger partial charge is 0.148 e. The number of nitrogens with two attached hydrogens (primary N) is 1. The van der Waals surface area contributed by atoms with Gasteiger partial charge in [-0.15, -0.1) is 0 Å². The van der Waals surface area contributed by atoms with Crippen molar-refractivity contribution in [2.24, 2.45) is 12.8 Å². The predicted molar refractivity (Wildman–Crippen MR) is 48.0 cm³/mol. The van der Waals surface area contributed by atoms with Crippen molar-refractivity contribution in [2.75, 3.05) is 0 Å². The van der Waals surface area contributed by atoms with E-state index in [0.717, 1.165) is 11.6 Å². The van der Waals surface area contributed by atoms with Crippen LogP contribution < -0.4 is 5.73 Å². The maximum atomic E-state index is 5.50. The van der Waals surface area contributed by atoms with Gasteiger partial charge in [0.25, 0.3) is 0 Å². The van der Waals surface area contributed by atoms with E-state index in [9.17, 15) is 0 Å². The molecule has 0 fully saturated rings. The Bertz CT molecular complexity index is 415. The van der Waals surface area contributed by atoms with Crippen LogP contribution in [0.5, 0.6) is 0 Å². The highest BCUT2D eigenvalue weighted by molar-refractivity contribution is 4.90. The Morgan fingerprint density at radius 1 is 1.21 bits per heavy atom. The zero-order chi connectivity index (χ0) is 9.97. The normalized spacial score (nSPS) is 10.7. The van der Waals surface area contributed by atoms with E-state index in [4.69, 9.17) is 5.73 Å². The monoisotopic (exact) mass is 193 g/mol. The molecule has 74 valence electrons. The van der Waals surface area contributed by atoms with Crippen molar-refractivity contribution < 1.29 is 0 Å². The minimum atomic E-state index is 0.373. The summed E-state index contributed by atoms with van der Waals surface area (Å²) in [5, 5.41) is 8.01. The summed E-state index contributed by atoms with van der Waals surface area (Å²) in [6.45, 7) is 0.918. The van der Waals surface area contributed by atoms with Gasteiger partial charge >= 0.3 is 0 Å². The van der Waals surface area contributed by atoms with Gasteiger partial charge in [0.2, 0.25) is 0 Å². The first kappa shape index (κ1) is 8.82. The summed E-state index contributed by atoms with van der Waals surface area (Å²) in [5.41, 5.74) is 5.50. The quantitative estimate of drug-likeness (QED) is 0.669. The topological polar surface area (TPSA) is 87.4 Å². The van der Waals surface area contributed by atoms with E-state index in [-0.39, 0.29) is 0 Å². The number of nitrogens with zero attached hydrogens (tertiary/aromatic N) is 6. The molecule has 0 aliphatic carbocycles. The molecule has 0 amide bonds. The molecule has 0 aromatic carbocycles. The molecule has 7 nitrogen and oxygen atoms in total. The molecule has 2 aromatic heterocycles. The minimum absolute atomic E-state index is 0.373. The Morgan fingerprint density at radius 2 is 1.93 bits per heavy atom. The number of hydrogen-bond donors (Lipinski definition) is 1. The first-order valence-corrected chi connectivity index (χ1v) is 4.21. The van der Waals surface area contributed by atoms with Crippen molar-refractivity contribution in [1.29, 1.82) is 0 Å². The Hall–Kier alpha value is -1.76. The van der Waals surface area contributed by atoms with E-state index in [2.05, 4.69) is 20.2 Å². The standard InChI is InChI=1S/C7H11N7/c1-13-7(10-4-11-13)3-14-6(2-8)9-5-12-14/h4-5H,2-3,8H2,1H3. The van der Waals surface area contributed by atoms with Gasteiger partial charge in [-0.3, -0.25) is 4.68 Å². The summed E-state index contributed by atoms with van der Waals surface area (Å²) < 4.78 is 3.41. The van der Waals surface area contributed by atoms with E-state index >= 15 is 0 Å². The fourth-order valence-electron chi connectivity index (χ4n) is 1.18. The molecule has 2 aromatic rings. The largest absolute Gasteiger partial charge is 0.324 e. The van der Waals surface area contributed by atoms with E-state index < -0.39 is 0 Å². The number of aromatic nitrogens is 6. The molecular formula is C7H11N7. The molecule has 0 bridgehead atoms. The summed E-state index contributed by atoms with van der Waals surface area (Å²) in [4.78, 5) is 8.10. The fourth-order valence-corrected chi connectivity index (χ4v) is 1.18. The van der Waals surface area contributed by atoms with Crippen molar-refractivity contribution in [2.45, 2.75) is 13.1 Å². The molecule has 0 aliphatic heterocycles. The number of rotatable bonds is 3. The molecule has 2 rings (SSSR count). The first-order valence-electron chi connectivity index (χ1n) is 4.21. The van der Waals surface area contributed by atoms with Crippen molar-refractivity contribution in [3.63, 3.8) is 0 Å². The van der Waals surface area contributed by atoms with Crippen LogP contribution in [0.25, 0.3) is 0 Å². The van der Waals surface area contributed by atoms with Crippen LogP contribution in [0.3, 0.4) is 0 Å². The third kappa shape index (κ3) is 1.49. The van der Waals surface area contributed by atoms with Crippen LogP contribution in [0.4, 0.5) is 0 Å². The van der Waals surface area contributed by atoms with Crippen LogP contribution in [-0.4, -0.2) is 29.5 Å². The Kier molecular flexibility index (Phi) is 2.23. The second-order valence-electron chi connectivity index (χ2n) is 2.84.